The van der Waals surface area contributed by atoms with Crippen LogP contribution < -0.4 is 5.32 Å². The van der Waals surface area contributed by atoms with Crippen molar-refractivity contribution in [2.75, 3.05) is 6.54 Å². The number of fused-ring (bicyclic) bond motifs is 1. The molecular weight excluding hydrogens is 289 g/mol. The standard InChI is InChI=1S/C17H15ClFNO/c18-13-5-6-15(19)12(9-13)10-16(21)17-14-4-2-1-3-11(14)7-8-20-17/h1-6,9,17,20H,7-8,10H2. The smallest absolute Gasteiger partial charge is 0.158 e. The molecule has 0 saturated heterocycles. The van der Waals surface area contributed by atoms with Crippen LogP contribution in [0, 0.1) is 5.82 Å². The van der Waals surface area contributed by atoms with E-state index < -0.39 is 5.82 Å². The molecule has 0 amide bonds. The Balaban J connectivity index is 1.85. The van der Waals surface area contributed by atoms with E-state index >= 15 is 0 Å². The number of hydrogen-bond donors (Lipinski definition) is 1. The van der Waals surface area contributed by atoms with Gasteiger partial charge < -0.3 is 5.32 Å². The van der Waals surface area contributed by atoms with E-state index in [0.717, 1.165) is 18.5 Å². The van der Waals surface area contributed by atoms with Gasteiger partial charge in [-0.25, -0.2) is 4.39 Å². The molecule has 0 fully saturated rings. The molecule has 0 saturated carbocycles. The number of halogens is 2. The molecule has 2 aromatic carbocycles. The van der Waals surface area contributed by atoms with E-state index in [1.807, 2.05) is 24.3 Å². The quantitative estimate of drug-likeness (QED) is 0.940. The molecule has 4 heteroatoms. The van der Waals surface area contributed by atoms with Crippen LogP contribution in [0.1, 0.15) is 22.7 Å². The molecule has 1 heterocycles. The van der Waals surface area contributed by atoms with E-state index in [4.69, 9.17) is 11.6 Å². The van der Waals surface area contributed by atoms with Crippen molar-refractivity contribution in [3.8, 4) is 0 Å². The van der Waals surface area contributed by atoms with Crippen LogP contribution in [0.5, 0.6) is 0 Å². The number of ketones is 1. The highest BCUT2D eigenvalue weighted by molar-refractivity contribution is 6.30. The molecule has 1 N–H and O–H groups in total. The molecule has 2 nitrogen and oxygen atoms in total. The van der Waals surface area contributed by atoms with Crippen molar-refractivity contribution in [1.29, 1.82) is 0 Å². The summed E-state index contributed by atoms with van der Waals surface area (Å²) in [7, 11) is 0. The van der Waals surface area contributed by atoms with Gasteiger partial charge in [0.05, 0.1) is 6.04 Å². The SMILES string of the molecule is O=C(Cc1cc(Cl)ccc1F)C1NCCc2ccccc21. The van der Waals surface area contributed by atoms with Gasteiger partial charge in [0.2, 0.25) is 0 Å². The Morgan fingerprint density at radius 1 is 1.29 bits per heavy atom. The third-order valence-corrected chi connectivity index (χ3v) is 4.04. The van der Waals surface area contributed by atoms with Crippen molar-refractivity contribution >= 4 is 17.4 Å². The Hall–Kier alpha value is -1.71. The Kier molecular flexibility index (Phi) is 4.04. The van der Waals surface area contributed by atoms with Gasteiger partial charge in [-0.15, -0.1) is 0 Å². The first kappa shape index (κ1) is 14.2. The topological polar surface area (TPSA) is 29.1 Å². The molecule has 108 valence electrons. The molecule has 0 radical (unpaired) electrons. The molecule has 1 aliphatic heterocycles. The van der Waals surface area contributed by atoms with E-state index in [1.165, 1.54) is 23.8 Å². The van der Waals surface area contributed by atoms with Gasteiger partial charge in [-0.1, -0.05) is 35.9 Å². The van der Waals surface area contributed by atoms with Crippen molar-refractivity contribution in [3.63, 3.8) is 0 Å². The van der Waals surface area contributed by atoms with Gasteiger partial charge in [0, 0.05) is 18.0 Å². The lowest BCUT2D eigenvalue weighted by atomic mass is 9.90. The first-order valence-electron chi connectivity index (χ1n) is 6.93. The van der Waals surface area contributed by atoms with Crippen LogP contribution in [-0.2, 0) is 17.6 Å². The zero-order chi connectivity index (χ0) is 14.8. The summed E-state index contributed by atoms with van der Waals surface area (Å²) in [4.78, 5) is 12.5. The summed E-state index contributed by atoms with van der Waals surface area (Å²) in [5.74, 6) is -0.430. The first-order chi connectivity index (χ1) is 10.1. The lowest BCUT2D eigenvalue weighted by molar-refractivity contribution is -0.120. The van der Waals surface area contributed by atoms with Crippen LogP contribution in [0.2, 0.25) is 5.02 Å². The molecule has 1 atom stereocenters. The summed E-state index contributed by atoms with van der Waals surface area (Å²) in [6.07, 6.45) is 0.948. The third-order valence-electron chi connectivity index (χ3n) is 3.80. The van der Waals surface area contributed by atoms with Crippen LogP contribution in [0.3, 0.4) is 0 Å². The molecule has 1 unspecified atom stereocenters. The van der Waals surface area contributed by atoms with Crippen molar-refractivity contribution < 1.29 is 9.18 Å². The third kappa shape index (κ3) is 2.99. The van der Waals surface area contributed by atoms with Crippen molar-refractivity contribution in [2.24, 2.45) is 0 Å². The molecule has 2 aromatic rings. The molecule has 0 aliphatic carbocycles. The molecule has 1 aliphatic rings. The molecule has 0 spiro atoms. The van der Waals surface area contributed by atoms with Gasteiger partial charge in [0.1, 0.15) is 5.82 Å². The summed E-state index contributed by atoms with van der Waals surface area (Å²) in [5, 5.41) is 3.67. The molecule has 3 rings (SSSR count). The van der Waals surface area contributed by atoms with E-state index in [2.05, 4.69) is 5.32 Å². The number of rotatable bonds is 3. The lowest BCUT2D eigenvalue weighted by Crippen LogP contribution is -2.36. The second-order valence-corrected chi connectivity index (χ2v) is 5.65. The Morgan fingerprint density at radius 3 is 2.95 bits per heavy atom. The van der Waals surface area contributed by atoms with Crippen molar-refractivity contribution in [3.05, 3.63) is 70.0 Å². The summed E-state index contributed by atoms with van der Waals surface area (Å²) in [5.41, 5.74) is 2.52. The van der Waals surface area contributed by atoms with Gasteiger partial charge >= 0.3 is 0 Å². The minimum atomic E-state index is -0.392. The number of nitrogens with one attached hydrogen (secondary N) is 1. The number of carbonyl (C=O) groups is 1. The minimum Gasteiger partial charge on any atom is -0.303 e. The lowest BCUT2D eigenvalue weighted by Gasteiger charge is -2.26. The number of hydrogen-bond acceptors (Lipinski definition) is 2. The highest BCUT2D eigenvalue weighted by Crippen LogP contribution is 2.25. The monoisotopic (exact) mass is 303 g/mol. The fourth-order valence-electron chi connectivity index (χ4n) is 2.76. The van der Waals surface area contributed by atoms with Gasteiger partial charge in [0.15, 0.2) is 5.78 Å². The van der Waals surface area contributed by atoms with Gasteiger partial charge in [-0.2, -0.15) is 0 Å². The van der Waals surface area contributed by atoms with Crippen LogP contribution in [-0.4, -0.2) is 12.3 Å². The Labute approximate surface area is 127 Å². The van der Waals surface area contributed by atoms with E-state index in [1.54, 1.807) is 0 Å². The van der Waals surface area contributed by atoms with E-state index in [-0.39, 0.29) is 18.2 Å². The summed E-state index contributed by atoms with van der Waals surface area (Å²) < 4.78 is 13.8. The normalized spacial score (nSPS) is 17.3. The van der Waals surface area contributed by atoms with E-state index in [9.17, 15) is 9.18 Å². The van der Waals surface area contributed by atoms with Crippen molar-refractivity contribution in [1.82, 2.24) is 5.32 Å². The van der Waals surface area contributed by atoms with E-state index in [0.29, 0.717) is 10.6 Å². The predicted molar refractivity (Wildman–Crippen MR) is 81.0 cm³/mol. The number of Topliss-reactive ketones (excluding diaryl/α,β-unsaturated/α-hetero) is 1. The molecule has 21 heavy (non-hydrogen) atoms. The molecular formula is C17H15ClFNO. The average molecular weight is 304 g/mol. The van der Waals surface area contributed by atoms with Gasteiger partial charge in [-0.05, 0) is 41.3 Å². The van der Waals surface area contributed by atoms with Crippen molar-refractivity contribution in [2.45, 2.75) is 18.9 Å². The molecule has 0 aromatic heterocycles. The number of carbonyl (C=O) groups excluding carboxylic acids is 1. The van der Waals surface area contributed by atoms with Gasteiger partial charge in [-0.3, -0.25) is 4.79 Å². The highest BCUT2D eigenvalue weighted by Gasteiger charge is 2.26. The fraction of sp³-hybridized carbons (Fsp3) is 0.235. The Bertz CT molecular complexity index is 686. The maximum Gasteiger partial charge on any atom is 0.158 e. The minimum absolute atomic E-state index is 0.0386. The van der Waals surface area contributed by atoms with Gasteiger partial charge in [0.25, 0.3) is 0 Å². The zero-order valence-electron chi connectivity index (χ0n) is 11.4. The summed E-state index contributed by atoms with van der Waals surface area (Å²) >= 11 is 5.87. The first-order valence-corrected chi connectivity index (χ1v) is 7.31. The molecule has 0 bridgehead atoms. The maximum atomic E-state index is 13.8. The summed E-state index contributed by atoms with van der Waals surface area (Å²) in [6.45, 7) is 0.755. The van der Waals surface area contributed by atoms with Crippen LogP contribution in [0.25, 0.3) is 0 Å². The summed E-state index contributed by atoms with van der Waals surface area (Å²) in [6, 6.07) is 11.8. The van der Waals surface area contributed by atoms with Crippen LogP contribution in [0.4, 0.5) is 4.39 Å². The van der Waals surface area contributed by atoms with Crippen LogP contribution in [0.15, 0.2) is 42.5 Å². The second-order valence-electron chi connectivity index (χ2n) is 5.21. The maximum absolute atomic E-state index is 13.8. The van der Waals surface area contributed by atoms with Crippen LogP contribution >= 0.6 is 11.6 Å². The second kappa shape index (κ2) is 5.96. The average Bonchev–Trinajstić information content (AvgIpc) is 2.50. The zero-order valence-corrected chi connectivity index (χ0v) is 12.2. The Morgan fingerprint density at radius 2 is 2.10 bits per heavy atom. The number of benzene rings is 2. The highest BCUT2D eigenvalue weighted by atomic mass is 35.5. The largest absolute Gasteiger partial charge is 0.303 e. The fourth-order valence-corrected chi connectivity index (χ4v) is 2.96. The predicted octanol–water partition coefficient (Wildman–Crippen LogP) is 3.48.